The number of thiazole rings is 1. The summed E-state index contributed by atoms with van der Waals surface area (Å²) in [6.45, 7) is 3.73. The molecule has 3 aromatic rings. The van der Waals surface area contributed by atoms with Crippen molar-refractivity contribution in [1.82, 2.24) is 9.88 Å². The van der Waals surface area contributed by atoms with E-state index in [9.17, 15) is 30.4 Å². The maximum atomic E-state index is 14.6. The largest absolute Gasteiger partial charge is 0.490 e. The lowest BCUT2D eigenvalue weighted by atomic mass is 10.0. The van der Waals surface area contributed by atoms with Gasteiger partial charge in [-0.15, -0.1) is 11.3 Å². The number of nitrogens with zero attached hydrogens (tertiary/aromatic N) is 2. The molecule has 4 rings (SSSR count). The van der Waals surface area contributed by atoms with Gasteiger partial charge in [0.25, 0.3) is 10.0 Å². The van der Waals surface area contributed by atoms with Crippen LogP contribution >= 0.6 is 11.3 Å². The zero-order chi connectivity index (χ0) is 28.8. The number of aliphatic carboxylic acids is 1. The van der Waals surface area contributed by atoms with Crippen molar-refractivity contribution in [1.29, 1.82) is 0 Å². The van der Waals surface area contributed by atoms with Gasteiger partial charge in [-0.25, -0.2) is 27.0 Å². The van der Waals surface area contributed by atoms with Crippen LogP contribution in [0.3, 0.4) is 0 Å². The van der Waals surface area contributed by atoms with Crippen LogP contribution in [0.1, 0.15) is 31.4 Å². The molecule has 2 heterocycles. The highest BCUT2D eigenvalue weighted by Crippen LogP contribution is 2.30. The molecule has 0 aliphatic carbocycles. The summed E-state index contributed by atoms with van der Waals surface area (Å²) in [7, 11) is -4.46. The monoisotopic (exact) mass is 593 g/mol. The summed E-state index contributed by atoms with van der Waals surface area (Å²) < 4.78 is 93.5. The van der Waals surface area contributed by atoms with Crippen molar-refractivity contribution in [3.8, 4) is 5.75 Å². The maximum absolute atomic E-state index is 14.6. The predicted octanol–water partition coefficient (Wildman–Crippen LogP) is 5.46. The first-order valence-electron chi connectivity index (χ1n) is 11.4. The van der Waals surface area contributed by atoms with E-state index < -0.39 is 38.7 Å². The molecule has 1 fully saturated rings. The third-order valence-corrected chi connectivity index (χ3v) is 7.76. The molecule has 1 unspecified atom stereocenters. The van der Waals surface area contributed by atoms with Crippen LogP contribution in [-0.2, 0) is 14.8 Å². The lowest BCUT2D eigenvalue weighted by molar-refractivity contribution is -0.192. The molecule has 2 N–H and O–H groups in total. The molecular weight excluding hydrogens is 569 g/mol. The Morgan fingerprint density at radius 2 is 1.72 bits per heavy atom. The molecule has 0 amide bonds. The third kappa shape index (κ3) is 8.34. The van der Waals surface area contributed by atoms with Gasteiger partial charge in [0.1, 0.15) is 23.5 Å². The highest BCUT2D eigenvalue weighted by atomic mass is 32.2. The van der Waals surface area contributed by atoms with Crippen molar-refractivity contribution in [3.63, 3.8) is 0 Å². The van der Waals surface area contributed by atoms with E-state index in [4.69, 9.17) is 14.6 Å². The minimum atomic E-state index is -5.08. The SMILES string of the molecule is CC(c1ccccc1)N1CCC(Oc2cc(F)c(S(=O)(=O)Nc3cscn3)c(F)c2)CC1.O=C(O)C(F)(F)F. The molecule has 1 aliphatic rings. The standard InChI is InChI=1S/C22H23F2N3O3S2.C2HF3O2/c1-15(16-5-3-2-4-6-16)27-9-7-17(8-10-27)30-18-11-19(23)22(20(24)12-18)32(28,29)26-21-13-31-14-25-21;3-2(4,5)1(6)7/h2-6,11-15,17,26H,7-10H2,1H3;(H,6,7). The normalized spacial score (nSPS) is 15.6. The van der Waals surface area contributed by atoms with E-state index in [0.717, 1.165) is 36.6 Å². The molecule has 0 saturated carbocycles. The Bertz CT molecular complexity index is 1330. The van der Waals surface area contributed by atoms with Crippen molar-refractivity contribution in [2.24, 2.45) is 0 Å². The van der Waals surface area contributed by atoms with Crippen LogP contribution in [0.5, 0.6) is 5.75 Å². The fraction of sp³-hybridized carbons (Fsp3) is 0.333. The van der Waals surface area contributed by atoms with Gasteiger partial charge in [-0.3, -0.25) is 9.62 Å². The van der Waals surface area contributed by atoms with Gasteiger partial charge in [0.15, 0.2) is 10.7 Å². The van der Waals surface area contributed by atoms with Crippen molar-refractivity contribution >= 4 is 33.1 Å². The van der Waals surface area contributed by atoms with E-state index in [1.165, 1.54) is 16.5 Å². The molecule has 1 atom stereocenters. The highest BCUT2D eigenvalue weighted by molar-refractivity contribution is 7.92. The number of halogens is 5. The average molecular weight is 594 g/mol. The number of carboxylic acids is 1. The first kappa shape index (κ1) is 30.2. The van der Waals surface area contributed by atoms with Gasteiger partial charge in [0.05, 0.1) is 5.51 Å². The molecule has 1 aromatic heterocycles. The van der Waals surface area contributed by atoms with Crippen LogP contribution < -0.4 is 9.46 Å². The number of piperidine rings is 1. The number of sulfonamides is 1. The topological polar surface area (TPSA) is 109 Å². The van der Waals surface area contributed by atoms with E-state index in [0.29, 0.717) is 12.8 Å². The molecular formula is C24H24F5N3O5S2. The van der Waals surface area contributed by atoms with Gasteiger partial charge < -0.3 is 9.84 Å². The summed E-state index contributed by atoms with van der Waals surface area (Å²) in [5.74, 6) is -5.20. The molecule has 15 heteroatoms. The lowest BCUT2D eigenvalue weighted by Crippen LogP contribution is -2.39. The first-order chi connectivity index (χ1) is 18.3. The predicted molar refractivity (Wildman–Crippen MR) is 133 cm³/mol. The molecule has 1 aliphatic heterocycles. The van der Waals surface area contributed by atoms with E-state index in [1.807, 2.05) is 18.2 Å². The maximum Gasteiger partial charge on any atom is 0.490 e. The van der Waals surface area contributed by atoms with Crippen LogP contribution in [0, 0.1) is 11.6 Å². The van der Waals surface area contributed by atoms with E-state index >= 15 is 0 Å². The minimum Gasteiger partial charge on any atom is -0.490 e. The Morgan fingerprint density at radius 3 is 2.21 bits per heavy atom. The zero-order valence-electron chi connectivity index (χ0n) is 20.4. The van der Waals surface area contributed by atoms with Gasteiger partial charge >= 0.3 is 12.1 Å². The zero-order valence-corrected chi connectivity index (χ0v) is 22.0. The second kappa shape index (κ2) is 12.7. The number of hydrogen-bond acceptors (Lipinski definition) is 7. The average Bonchev–Trinajstić information content (AvgIpc) is 3.36. The first-order valence-corrected chi connectivity index (χ1v) is 13.9. The van der Waals surface area contributed by atoms with E-state index in [-0.39, 0.29) is 23.7 Å². The summed E-state index contributed by atoms with van der Waals surface area (Å²) in [5.41, 5.74) is 2.65. The summed E-state index contributed by atoms with van der Waals surface area (Å²) in [6, 6.07) is 12.3. The number of rotatable bonds is 7. The highest BCUT2D eigenvalue weighted by Gasteiger charge is 2.38. The molecule has 212 valence electrons. The quantitative estimate of drug-likeness (QED) is 0.350. The molecule has 39 heavy (non-hydrogen) atoms. The second-order valence-electron chi connectivity index (χ2n) is 8.44. The van der Waals surface area contributed by atoms with Crippen molar-refractivity contribution in [3.05, 3.63) is 70.6 Å². The Balaban J connectivity index is 0.000000532. The van der Waals surface area contributed by atoms with Gasteiger partial charge in [-0.2, -0.15) is 13.2 Å². The van der Waals surface area contributed by atoms with Gasteiger partial charge in [-0.05, 0) is 25.3 Å². The molecule has 8 nitrogen and oxygen atoms in total. The number of hydrogen-bond donors (Lipinski definition) is 2. The summed E-state index contributed by atoms with van der Waals surface area (Å²) in [5, 5.41) is 8.55. The van der Waals surface area contributed by atoms with E-state index in [2.05, 4.69) is 33.7 Å². The Morgan fingerprint density at radius 1 is 1.15 bits per heavy atom. The van der Waals surface area contributed by atoms with Crippen molar-refractivity contribution < 1.29 is 45.0 Å². The smallest absolute Gasteiger partial charge is 0.490 e. The van der Waals surface area contributed by atoms with Crippen LogP contribution in [0.4, 0.5) is 27.8 Å². The number of alkyl halides is 3. The molecule has 2 aromatic carbocycles. The molecule has 0 spiro atoms. The summed E-state index contributed by atoms with van der Waals surface area (Å²) in [4.78, 5) is 14.0. The minimum absolute atomic E-state index is 0.00520. The van der Waals surface area contributed by atoms with Crippen LogP contribution in [0.15, 0.2) is 58.3 Å². The molecule has 0 bridgehead atoms. The van der Waals surface area contributed by atoms with Gasteiger partial charge in [0, 0.05) is 36.6 Å². The van der Waals surface area contributed by atoms with Crippen LogP contribution in [-0.4, -0.2) is 54.7 Å². The lowest BCUT2D eigenvalue weighted by Gasteiger charge is -2.36. The fourth-order valence-electron chi connectivity index (χ4n) is 3.83. The number of benzene rings is 2. The third-order valence-electron chi connectivity index (χ3n) is 5.76. The molecule has 1 saturated heterocycles. The number of ether oxygens (including phenoxy) is 1. The number of aromatic nitrogens is 1. The Hall–Kier alpha value is -3.30. The van der Waals surface area contributed by atoms with Crippen LogP contribution in [0.25, 0.3) is 0 Å². The Labute approximate surface area is 225 Å². The number of likely N-dealkylation sites (tertiary alicyclic amines) is 1. The number of nitrogens with one attached hydrogen (secondary N) is 1. The number of carbonyl (C=O) groups is 1. The summed E-state index contributed by atoms with van der Waals surface area (Å²) >= 11 is 1.16. The van der Waals surface area contributed by atoms with Crippen molar-refractivity contribution in [2.45, 2.75) is 43.0 Å². The number of carboxylic acid groups (broad SMARTS) is 1. The second-order valence-corrected chi connectivity index (χ2v) is 10.8. The number of anilines is 1. The molecule has 0 radical (unpaired) electrons. The van der Waals surface area contributed by atoms with Crippen LogP contribution in [0.2, 0.25) is 0 Å². The Kier molecular flexibility index (Phi) is 9.85. The van der Waals surface area contributed by atoms with E-state index in [1.54, 1.807) is 0 Å². The summed E-state index contributed by atoms with van der Waals surface area (Å²) in [6.07, 6.45) is -3.89. The fourth-order valence-corrected chi connectivity index (χ4v) is 5.51. The van der Waals surface area contributed by atoms with Gasteiger partial charge in [0.2, 0.25) is 0 Å². The van der Waals surface area contributed by atoms with Crippen molar-refractivity contribution in [2.75, 3.05) is 17.8 Å². The van der Waals surface area contributed by atoms with Gasteiger partial charge in [-0.1, -0.05) is 30.3 Å².